The quantitative estimate of drug-likeness (QED) is 0.368. The Hall–Kier alpha value is -4.37. The number of aromatic nitrogens is 6. The number of methoxy groups -OCH3 is 1. The molecule has 5 aromatic rings. The van der Waals surface area contributed by atoms with Crippen LogP contribution in [-0.4, -0.2) is 37.0 Å². The molecule has 160 valence electrons. The molecule has 0 aliphatic rings. The average molecular weight is 426 g/mol. The molecule has 0 aliphatic heterocycles. The third-order valence-electron chi connectivity index (χ3n) is 4.85. The zero-order valence-corrected chi connectivity index (χ0v) is 17.7. The number of aryl methyl sites for hydroxylation is 1. The first kappa shape index (κ1) is 20.9. The Bertz CT molecular complexity index is 1350. The number of anilines is 2. The van der Waals surface area contributed by atoms with E-state index in [4.69, 9.17) is 14.7 Å². The van der Waals surface area contributed by atoms with E-state index in [1.807, 2.05) is 37.4 Å². The van der Waals surface area contributed by atoms with Crippen LogP contribution in [0.2, 0.25) is 0 Å². The Labute approximate surface area is 184 Å². The highest BCUT2D eigenvalue weighted by molar-refractivity contribution is 5.93. The summed E-state index contributed by atoms with van der Waals surface area (Å²) in [4.78, 5) is 25.6. The van der Waals surface area contributed by atoms with Gasteiger partial charge in [0.15, 0.2) is 5.65 Å². The van der Waals surface area contributed by atoms with Gasteiger partial charge >= 0.3 is 0 Å². The lowest BCUT2D eigenvalue weighted by atomic mass is 10.0. The molecule has 0 atom stereocenters. The number of imidazole rings is 1. The molecule has 0 amide bonds. The lowest BCUT2D eigenvalue weighted by Gasteiger charge is -2.13. The van der Waals surface area contributed by atoms with E-state index in [0.29, 0.717) is 34.4 Å². The van der Waals surface area contributed by atoms with E-state index in [1.54, 1.807) is 25.7 Å². The Morgan fingerprint density at radius 2 is 1.75 bits per heavy atom. The number of benzene rings is 1. The zero-order chi connectivity index (χ0) is 21.2. The maximum Gasteiger partial charge on any atom is 0.213 e. The van der Waals surface area contributed by atoms with Gasteiger partial charge in [-0.3, -0.25) is 0 Å². The molecule has 4 aromatic heterocycles. The summed E-state index contributed by atoms with van der Waals surface area (Å²) in [6.07, 6.45) is 5.16. The molecule has 0 bridgehead atoms. The van der Waals surface area contributed by atoms with Crippen molar-refractivity contribution in [2.75, 3.05) is 12.4 Å². The number of rotatable bonds is 5. The van der Waals surface area contributed by atoms with Gasteiger partial charge in [-0.15, -0.1) is 0 Å². The fourth-order valence-corrected chi connectivity index (χ4v) is 3.38. The summed E-state index contributed by atoms with van der Waals surface area (Å²) in [7, 11) is 1.59. The maximum absolute atomic E-state index is 5.15. The van der Waals surface area contributed by atoms with Crippen molar-refractivity contribution >= 4 is 22.7 Å². The fourth-order valence-electron chi connectivity index (χ4n) is 3.38. The van der Waals surface area contributed by atoms with Gasteiger partial charge in [-0.2, -0.15) is 0 Å². The summed E-state index contributed by atoms with van der Waals surface area (Å²) in [5.41, 5.74) is 5.73. The van der Waals surface area contributed by atoms with Gasteiger partial charge in [-0.1, -0.05) is 30.3 Å². The van der Waals surface area contributed by atoms with Crippen molar-refractivity contribution in [2.24, 2.45) is 0 Å². The Morgan fingerprint density at radius 1 is 0.906 bits per heavy atom. The SMILES string of the molecule is COc1ccc(Nc2ncc(-c3ccccc3)cc2-c2nc(C)nc3[nH]cnc23)cn1.N. The van der Waals surface area contributed by atoms with Crippen molar-refractivity contribution in [1.82, 2.24) is 36.1 Å². The molecule has 1 aromatic carbocycles. The molecule has 9 nitrogen and oxygen atoms in total. The molecule has 0 spiro atoms. The van der Waals surface area contributed by atoms with Crippen molar-refractivity contribution in [2.45, 2.75) is 6.92 Å². The first-order chi connectivity index (χ1) is 15.2. The van der Waals surface area contributed by atoms with Crippen LogP contribution < -0.4 is 16.2 Å². The monoisotopic (exact) mass is 426 g/mol. The molecule has 4 heterocycles. The summed E-state index contributed by atoms with van der Waals surface area (Å²) >= 11 is 0. The number of hydrogen-bond donors (Lipinski definition) is 3. The topological polar surface area (TPSA) is 136 Å². The van der Waals surface area contributed by atoms with Crippen LogP contribution in [0.25, 0.3) is 33.5 Å². The van der Waals surface area contributed by atoms with Crippen molar-refractivity contribution < 1.29 is 4.74 Å². The van der Waals surface area contributed by atoms with Gasteiger partial charge < -0.3 is 21.2 Å². The predicted molar refractivity (Wildman–Crippen MR) is 124 cm³/mol. The largest absolute Gasteiger partial charge is 0.481 e. The molecule has 0 unspecified atom stereocenters. The summed E-state index contributed by atoms with van der Waals surface area (Å²) in [5.74, 6) is 1.84. The van der Waals surface area contributed by atoms with Gasteiger partial charge in [0.1, 0.15) is 22.9 Å². The lowest BCUT2D eigenvalue weighted by molar-refractivity contribution is 0.398. The van der Waals surface area contributed by atoms with E-state index in [-0.39, 0.29) is 6.15 Å². The van der Waals surface area contributed by atoms with Crippen molar-refractivity contribution in [1.29, 1.82) is 0 Å². The van der Waals surface area contributed by atoms with Gasteiger partial charge in [-0.05, 0) is 24.6 Å². The Kier molecular flexibility index (Phi) is 5.73. The van der Waals surface area contributed by atoms with E-state index in [0.717, 1.165) is 22.4 Å². The third kappa shape index (κ3) is 3.96. The second-order valence-electron chi connectivity index (χ2n) is 6.92. The molecule has 0 aliphatic carbocycles. The van der Waals surface area contributed by atoms with Crippen LogP contribution in [0, 0.1) is 6.92 Å². The summed E-state index contributed by atoms with van der Waals surface area (Å²) in [6, 6.07) is 15.9. The maximum atomic E-state index is 5.15. The number of nitrogens with one attached hydrogen (secondary N) is 2. The van der Waals surface area contributed by atoms with Crippen LogP contribution in [0.5, 0.6) is 5.88 Å². The van der Waals surface area contributed by atoms with Crippen LogP contribution >= 0.6 is 0 Å². The normalized spacial score (nSPS) is 10.6. The molecule has 0 fully saturated rings. The summed E-state index contributed by atoms with van der Waals surface area (Å²) in [5, 5.41) is 3.35. The fraction of sp³-hybridized carbons (Fsp3) is 0.0870. The molecule has 9 heteroatoms. The molecule has 0 saturated heterocycles. The second kappa shape index (κ2) is 8.78. The molecule has 0 radical (unpaired) electrons. The first-order valence-corrected chi connectivity index (χ1v) is 9.72. The van der Waals surface area contributed by atoms with Crippen molar-refractivity contribution in [3.63, 3.8) is 0 Å². The zero-order valence-electron chi connectivity index (χ0n) is 17.7. The van der Waals surface area contributed by atoms with Crippen molar-refractivity contribution in [3.8, 4) is 28.3 Å². The predicted octanol–water partition coefficient (Wildman–Crippen LogP) is 4.70. The molecular formula is C23H22N8O. The smallest absolute Gasteiger partial charge is 0.213 e. The van der Waals surface area contributed by atoms with Gasteiger partial charge in [0, 0.05) is 23.4 Å². The highest BCUT2D eigenvalue weighted by Gasteiger charge is 2.17. The molecule has 0 saturated carbocycles. The summed E-state index contributed by atoms with van der Waals surface area (Å²) < 4.78 is 5.15. The standard InChI is InChI=1S/C23H19N7O.H3N/c1-14-28-20(21-23(29-14)27-13-26-21)18-10-16(15-6-4-3-5-7-15)11-25-22(18)30-17-8-9-19(31-2)24-12-17;/h3-13H,1-2H3,(H,25,30)(H,26,27,28,29);1H3. The Balaban J connectivity index is 0.00000245. The van der Waals surface area contributed by atoms with Gasteiger partial charge in [-0.25, -0.2) is 24.9 Å². The number of H-pyrrole nitrogens is 1. The van der Waals surface area contributed by atoms with E-state index in [2.05, 4.69) is 43.5 Å². The minimum Gasteiger partial charge on any atom is -0.481 e. The van der Waals surface area contributed by atoms with E-state index in [9.17, 15) is 0 Å². The van der Waals surface area contributed by atoms with Gasteiger partial charge in [0.25, 0.3) is 0 Å². The minimum atomic E-state index is 0. The molecule has 5 rings (SSSR count). The number of ether oxygens (including phenoxy) is 1. The molecular weight excluding hydrogens is 404 g/mol. The van der Waals surface area contributed by atoms with E-state index >= 15 is 0 Å². The van der Waals surface area contributed by atoms with E-state index in [1.165, 1.54) is 0 Å². The Morgan fingerprint density at radius 3 is 2.50 bits per heavy atom. The highest BCUT2D eigenvalue weighted by Crippen LogP contribution is 2.34. The van der Waals surface area contributed by atoms with Gasteiger partial charge in [0.05, 0.1) is 25.3 Å². The summed E-state index contributed by atoms with van der Waals surface area (Å²) in [6.45, 7) is 1.86. The number of hydrogen-bond acceptors (Lipinski definition) is 8. The molecule has 32 heavy (non-hydrogen) atoms. The average Bonchev–Trinajstić information content (AvgIpc) is 3.28. The van der Waals surface area contributed by atoms with Crippen LogP contribution in [0.15, 0.2) is 67.3 Å². The number of nitrogens with zero attached hydrogens (tertiary/aromatic N) is 5. The molecule has 5 N–H and O–H groups in total. The first-order valence-electron chi connectivity index (χ1n) is 9.72. The van der Waals surface area contributed by atoms with Crippen LogP contribution in [0.3, 0.4) is 0 Å². The van der Waals surface area contributed by atoms with Gasteiger partial charge in [0.2, 0.25) is 5.88 Å². The third-order valence-corrected chi connectivity index (χ3v) is 4.85. The van der Waals surface area contributed by atoms with Crippen molar-refractivity contribution in [3.05, 3.63) is 73.1 Å². The second-order valence-corrected chi connectivity index (χ2v) is 6.92. The van der Waals surface area contributed by atoms with Crippen LogP contribution in [-0.2, 0) is 0 Å². The number of aromatic amines is 1. The van der Waals surface area contributed by atoms with Crippen LogP contribution in [0.4, 0.5) is 11.5 Å². The number of fused-ring (bicyclic) bond motifs is 1. The van der Waals surface area contributed by atoms with Crippen LogP contribution in [0.1, 0.15) is 5.82 Å². The number of pyridine rings is 2. The lowest BCUT2D eigenvalue weighted by Crippen LogP contribution is -2.01. The van der Waals surface area contributed by atoms with E-state index < -0.39 is 0 Å². The highest BCUT2D eigenvalue weighted by atomic mass is 16.5. The minimum absolute atomic E-state index is 0.